The van der Waals surface area contributed by atoms with Gasteiger partial charge in [0.25, 0.3) is 0 Å². The molecule has 0 aromatic heterocycles. The second-order valence-corrected chi connectivity index (χ2v) is 6.00. The molecule has 0 bridgehead atoms. The van der Waals surface area contributed by atoms with E-state index in [2.05, 4.69) is 11.8 Å². The Morgan fingerprint density at radius 2 is 2.25 bits per heavy atom. The van der Waals surface area contributed by atoms with Gasteiger partial charge in [-0.15, -0.1) is 0 Å². The second kappa shape index (κ2) is 6.87. The second-order valence-electron chi connectivity index (χ2n) is 6.00. The molecule has 3 unspecified atom stereocenters. The van der Waals surface area contributed by atoms with Crippen molar-refractivity contribution in [2.75, 3.05) is 26.3 Å². The molecule has 0 aromatic carbocycles. The van der Waals surface area contributed by atoms with Gasteiger partial charge in [-0.3, -0.25) is 9.69 Å². The maximum atomic E-state index is 12.0. The van der Waals surface area contributed by atoms with E-state index in [0.717, 1.165) is 45.4 Å². The molecule has 1 aliphatic heterocycles. The highest BCUT2D eigenvalue weighted by Crippen LogP contribution is 2.33. The molecular formula is C15H28N2O3. The molecule has 5 nitrogen and oxygen atoms in total. The standard InChI is InChI=1S/C15H28N2O3/c1-3-17(11-13-6-5-9-20-13)12-7-8-15(16,10-12)14(18)19-4-2/h12-13H,3-11,16H2,1-2H3. The van der Waals surface area contributed by atoms with Gasteiger partial charge in [0.05, 0.1) is 12.7 Å². The van der Waals surface area contributed by atoms with Crippen LogP contribution in [-0.4, -0.2) is 54.9 Å². The molecule has 2 fully saturated rings. The number of nitrogens with two attached hydrogens (primary N) is 1. The largest absolute Gasteiger partial charge is 0.465 e. The summed E-state index contributed by atoms with van der Waals surface area (Å²) < 4.78 is 10.8. The van der Waals surface area contributed by atoms with Crippen LogP contribution in [0.1, 0.15) is 46.0 Å². The normalized spacial score (nSPS) is 33.8. The molecule has 1 heterocycles. The number of esters is 1. The van der Waals surface area contributed by atoms with Crippen molar-refractivity contribution in [3.8, 4) is 0 Å². The van der Waals surface area contributed by atoms with Crippen LogP contribution in [0.3, 0.4) is 0 Å². The highest BCUT2D eigenvalue weighted by atomic mass is 16.5. The fraction of sp³-hybridized carbons (Fsp3) is 0.933. The predicted octanol–water partition coefficient (Wildman–Crippen LogP) is 1.30. The summed E-state index contributed by atoms with van der Waals surface area (Å²) in [5.74, 6) is -0.240. The molecule has 2 rings (SSSR count). The van der Waals surface area contributed by atoms with E-state index < -0.39 is 5.54 Å². The molecule has 0 radical (unpaired) electrons. The van der Waals surface area contributed by atoms with E-state index in [1.807, 2.05) is 6.92 Å². The van der Waals surface area contributed by atoms with Gasteiger partial charge in [-0.1, -0.05) is 6.92 Å². The van der Waals surface area contributed by atoms with Crippen LogP contribution in [0.5, 0.6) is 0 Å². The highest BCUT2D eigenvalue weighted by molar-refractivity contribution is 5.81. The van der Waals surface area contributed by atoms with Gasteiger partial charge in [-0.25, -0.2) is 0 Å². The fourth-order valence-electron chi connectivity index (χ4n) is 3.41. The van der Waals surface area contributed by atoms with Crippen LogP contribution in [0.25, 0.3) is 0 Å². The van der Waals surface area contributed by atoms with Crippen molar-refractivity contribution in [3.63, 3.8) is 0 Å². The Bertz CT molecular complexity index is 331. The first kappa shape index (κ1) is 15.7. The van der Waals surface area contributed by atoms with Gasteiger partial charge < -0.3 is 15.2 Å². The van der Waals surface area contributed by atoms with Crippen LogP contribution >= 0.6 is 0 Å². The Labute approximate surface area is 121 Å². The van der Waals surface area contributed by atoms with Crippen molar-refractivity contribution in [1.82, 2.24) is 4.90 Å². The molecule has 20 heavy (non-hydrogen) atoms. The molecule has 1 aliphatic carbocycles. The summed E-state index contributed by atoms with van der Waals surface area (Å²) in [6.45, 7) is 7.20. The summed E-state index contributed by atoms with van der Waals surface area (Å²) >= 11 is 0. The van der Waals surface area contributed by atoms with Crippen LogP contribution in [0.2, 0.25) is 0 Å². The topological polar surface area (TPSA) is 64.8 Å². The van der Waals surface area contributed by atoms with Gasteiger partial charge in [0.1, 0.15) is 5.54 Å². The fourth-order valence-corrected chi connectivity index (χ4v) is 3.41. The number of hydrogen-bond donors (Lipinski definition) is 1. The first-order valence-corrected chi connectivity index (χ1v) is 7.90. The van der Waals surface area contributed by atoms with Gasteiger partial charge >= 0.3 is 5.97 Å². The first-order chi connectivity index (χ1) is 9.59. The van der Waals surface area contributed by atoms with E-state index in [-0.39, 0.29) is 5.97 Å². The summed E-state index contributed by atoms with van der Waals surface area (Å²) in [6.07, 6.45) is 5.05. The molecule has 1 saturated carbocycles. The Balaban J connectivity index is 1.90. The van der Waals surface area contributed by atoms with E-state index in [9.17, 15) is 4.79 Å². The number of carbonyl (C=O) groups is 1. The van der Waals surface area contributed by atoms with Crippen molar-refractivity contribution < 1.29 is 14.3 Å². The van der Waals surface area contributed by atoms with Crippen molar-refractivity contribution in [3.05, 3.63) is 0 Å². The number of carbonyl (C=O) groups excluding carboxylic acids is 1. The maximum Gasteiger partial charge on any atom is 0.326 e. The first-order valence-electron chi connectivity index (χ1n) is 7.90. The average molecular weight is 284 g/mol. The zero-order valence-corrected chi connectivity index (χ0v) is 12.8. The molecule has 0 amide bonds. The minimum Gasteiger partial charge on any atom is -0.465 e. The Morgan fingerprint density at radius 1 is 1.45 bits per heavy atom. The molecule has 116 valence electrons. The highest BCUT2D eigenvalue weighted by Gasteiger charge is 2.45. The van der Waals surface area contributed by atoms with E-state index >= 15 is 0 Å². The molecule has 0 spiro atoms. The summed E-state index contributed by atoms with van der Waals surface area (Å²) in [4.78, 5) is 14.4. The minimum absolute atomic E-state index is 0.240. The lowest BCUT2D eigenvalue weighted by Crippen LogP contribution is -2.49. The zero-order chi connectivity index (χ0) is 14.6. The monoisotopic (exact) mass is 284 g/mol. The van der Waals surface area contributed by atoms with Crippen molar-refractivity contribution in [2.45, 2.75) is 63.6 Å². The lowest BCUT2D eigenvalue weighted by Gasteiger charge is -2.31. The van der Waals surface area contributed by atoms with E-state index in [1.165, 1.54) is 0 Å². The van der Waals surface area contributed by atoms with Crippen LogP contribution in [0.4, 0.5) is 0 Å². The average Bonchev–Trinajstić information content (AvgIpc) is 3.06. The smallest absolute Gasteiger partial charge is 0.326 e. The zero-order valence-electron chi connectivity index (χ0n) is 12.8. The van der Waals surface area contributed by atoms with Gasteiger partial charge in [-0.05, 0) is 45.6 Å². The van der Waals surface area contributed by atoms with Gasteiger partial charge in [0.2, 0.25) is 0 Å². The Hall–Kier alpha value is -0.650. The molecule has 5 heteroatoms. The van der Waals surface area contributed by atoms with Crippen molar-refractivity contribution >= 4 is 5.97 Å². The number of likely N-dealkylation sites (N-methyl/N-ethyl adjacent to an activating group) is 1. The minimum atomic E-state index is -0.787. The molecule has 2 N–H and O–H groups in total. The third kappa shape index (κ3) is 3.51. The van der Waals surface area contributed by atoms with Crippen molar-refractivity contribution in [1.29, 1.82) is 0 Å². The van der Waals surface area contributed by atoms with Crippen LogP contribution < -0.4 is 5.73 Å². The number of nitrogens with zero attached hydrogens (tertiary/aromatic N) is 1. The molecular weight excluding hydrogens is 256 g/mol. The quantitative estimate of drug-likeness (QED) is 0.745. The summed E-state index contributed by atoms with van der Waals surface area (Å²) in [5, 5.41) is 0. The molecule has 0 aromatic rings. The third-order valence-electron chi connectivity index (χ3n) is 4.59. The van der Waals surface area contributed by atoms with Gasteiger partial charge in [0, 0.05) is 19.2 Å². The molecule has 2 aliphatic rings. The lowest BCUT2D eigenvalue weighted by atomic mass is 9.99. The van der Waals surface area contributed by atoms with E-state index in [0.29, 0.717) is 25.2 Å². The van der Waals surface area contributed by atoms with E-state index in [4.69, 9.17) is 15.2 Å². The predicted molar refractivity (Wildman–Crippen MR) is 77.4 cm³/mol. The molecule has 1 saturated heterocycles. The Kier molecular flexibility index (Phi) is 5.41. The lowest BCUT2D eigenvalue weighted by molar-refractivity contribution is -0.149. The van der Waals surface area contributed by atoms with E-state index in [1.54, 1.807) is 0 Å². The van der Waals surface area contributed by atoms with Crippen LogP contribution in [-0.2, 0) is 14.3 Å². The number of hydrogen-bond acceptors (Lipinski definition) is 5. The summed E-state index contributed by atoms with van der Waals surface area (Å²) in [7, 11) is 0. The number of rotatable bonds is 6. The Morgan fingerprint density at radius 3 is 2.85 bits per heavy atom. The van der Waals surface area contributed by atoms with Crippen molar-refractivity contribution in [2.24, 2.45) is 5.73 Å². The summed E-state index contributed by atoms with van der Waals surface area (Å²) in [6, 6.07) is 0.374. The SMILES string of the molecule is CCOC(=O)C1(N)CCC(N(CC)CC2CCCO2)C1. The maximum absolute atomic E-state index is 12.0. The summed E-state index contributed by atoms with van der Waals surface area (Å²) in [5.41, 5.74) is 5.46. The van der Waals surface area contributed by atoms with Crippen LogP contribution in [0.15, 0.2) is 0 Å². The van der Waals surface area contributed by atoms with Crippen LogP contribution in [0, 0.1) is 0 Å². The molecule has 3 atom stereocenters. The third-order valence-corrected chi connectivity index (χ3v) is 4.59. The van der Waals surface area contributed by atoms with Gasteiger partial charge in [-0.2, -0.15) is 0 Å². The van der Waals surface area contributed by atoms with Gasteiger partial charge in [0.15, 0.2) is 0 Å². The number of ether oxygens (including phenoxy) is 2.